The number of halogens is 1. The van der Waals surface area contributed by atoms with Gasteiger partial charge in [-0.25, -0.2) is 9.37 Å². The molecule has 4 heteroatoms. The first-order valence-corrected chi connectivity index (χ1v) is 6.02. The van der Waals surface area contributed by atoms with Crippen LogP contribution < -0.4 is 5.32 Å². The molecule has 14 heavy (non-hydrogen) atoms. The minimum Gasteiger partial charge on any atom is -0.356 e. The van der Waals surface area contributed by atoms with E-state index in [1.807, 2.05) is 5.38 Å². The Morgan fingerprint density at radius 1 is 1.64 bits per heavy atom. The molecule has 0 bridgehead atoms. The maximum atomic E-state index is 13.3. The molecule has 2 atom stereocenters. The van der Waals surface area contributed by atoms with Gasteiger partial charge < -0.3 is 5.32 Å². The Balaban J connectivity index is 1.96. The number of alkyl halides is 1. The fourth-order valence-corrected chi connectivity index (χ4v) is 2.63. The molecule has 0 spiro atoms. The van der Waals surface area contributed by atoms with Crippen molar-refractivity contribution in [2.24, 2.45) is 0 Å². The summed E-state index contributed by atoms with van der Waals surface area (Å²) < 4.78 is 13.3. The monoisotopic (exact) mass is 214 g/mol. The molecule has 1 aromatic rings. The van der Waals surface area contributed by atoms with Crippen molar-refractivity contribution in [1.29, 1.82) is 0 Å². The maximum Gasteiger partial charge on any atom is 0.183 e. The molecule has 1 aliphatic rings. The molecule has 1 N–H and O–H groups in total. The lowest BCUT2D eigenvalue weighted by Gasteiger charge is -2.13. The number of hydrogen-bond acceptors (Lipinski definition) is 3. The average Bonchev–Trinajstić information content (AvgIpc) is 2.77. The van der Waals surface area contributed by atoms with Crippen molar-refractivity contribution in [3.05, 3.63) is 11.1 Å². The second kappa shape index (κ2) is 4.26. The van der Waals surface area contributed by atoms with Crippen LogP contribution in [-0.4, -0.2) is 17.2 Å². The van der Waals surface area contributed by atoms with Crippen LogP contribution in [0, 0.1) is 0 Å². The van der Waals surface area contributed by atoms with E-state index in [9.17, 15) is 4.39 Å². The first-order chi connectivity index (χ1) is 6.79. The van der Waals surface area contributed by atoms with E-state index in [-0.39, 0.29) is 6.04 Å². The predicted molar refractivity (Wildman–Crippen MR) is 57.6 cm³/mol. The van der Waals surface area contributed by atoms with Crippen LogP contribution in [0.5, 0.6) is 0 Å². The van der Waals surface area contributed by atoms with Gasteiger partial charge in [0.1, 0.15) is 6.17 Å². The summed E-state index contributed by atoms with van der Waals surface area (Å²) in [6.07, 6.45) is 2.88. The largest absolute Gasteiger partial charge is 0.356 e. The van der Waals surface area contributed by atoms with Crippen molar-refractivity contribution in [2.45, 2.75) is 44.8 Å². The van der Waals surface area contributed by atoms with Gasteiger partial charge in [-0.2, -0.15) is 0 Å². The van der Waals surface area contributed by atoms with Gasteiger partial charge >= 0.3 is 0 Å². The van der Waals surface area contributed by atoms with Gasteiger partial charge in [0.25, 0.3) is 0 Å². The summed E-state index contributed by atoms with van der Waals surface area (Å²) in [7, 11) is 0. The molecule has 2 rings (SSSR count). The van der Waals surface area contributed by atoms with Gasteiger partial charge in [0, 0.05) is 5.38 Å². The summed E-state index contributed by atoms with van der Waals surface area (Å²) in [6, 6.07) is -0.00847. The number of nitrogens with zero attached hydrogens (tertiary/aromatic N) is 1. The molecule has 1 aliphatic carbocycles. The molecule has 0 saturated heterocycles. The molecule has 0 aliphatic heterocycles. The molecule has 78 valence electrons. The number of aromatic nitrogens is 1. The summed E-state index contributed by atoms with van der Waals surface area (Å²) in [6.45, 7) is 2.08. The molecule has 0 radical (unpaired) electrons. The van der Waals surface area contributed by atoms with Crippen LogP contribution in [0.1, 0.15) is 31.9 Å². The summed E-state index contributed by atoms with van der Waals surface area (Å²) in [5, 5.41) is 6.08. The second-order valence-electron chi connectivity index (χ2n) is 3.70. The number of hydrogen-bond donors (Lipinski definition) is 1. The lowest BCUT2D eigenvalue weighted by Crippen LogP contribution is -2.24. The number of rotatable bonds is 3. The molecule has 2 nitrogen and oxygen atoms in total. The number of thiazole rings is 1. The van der Waals surface area contributed by atoms with Crippen LogP contribution in [-0.2, 0) is 6.42 Å². The Hall–Kier alpha value is -0.640. The summed E-state index contributed by atoms with van der Waals surface area (Å²) in [5.74, 6) is 0. The highest BCUT2D eigenvalue weighted by Crippen LogP contribution is 2.26. The number of aryl methyl sites for hydroxylation is 1. The van der Waals surface area contributed by atoms with E-state index in [4.69, 9.17) is 0 Å². The first kappa shape index (κ1) is 9.90. The fraction of sp³-hybridized carbons (Fsp3) is 0.700. The third kappa shape index (κ3) is 2.05. The maximum absolute atomic E-state index is 13.3. The molecule has 1 fully saturated rings. The molecular formula is C10H15FN2S. The lowest BCUT2D eigenvalue weighted by atomic mass is 10.2. The molecule has 1 heterocycles. The minimum atomic E-state index is -0.691. The zero-order valence-electron chi connectivity index (χ0n) is 8.29. The summed E-state index contributed by atoms with van der Waals surface area (Å²) in [5.41, 5.74) is 1.09. The van der Waals surface area contributed by atoms with Crippen LogP contribution in [0.4, 0.5) is 9.52 Å². The standard InChI is InChI=1S/C10H15FN2S/c1-2-7-6-14-10(12-7)13-9-5-3-4-8(9)11/h6,8-9H,2-5H2,1H3,(H,12,13)/t8-,9+/m0/s1. The SMILES string of the molecule is CCc1csc(N[C@@H]2CCC[C@@H]2F)n1. The lowest BCUT2D eigenvalue weighted by molar-refractivity contribution is 0.323. The Morgan fingerprint density at radius 2 is 2.50 bits per heavy atom. The van der Waals surface area contributed by atoms with Crippen molar-refractivity contribution in [1.82, 2.24) is 4.98 Å². The molecule has 0 amide bonds. The van der Waals surface area contributed by atoms with E-state index < -0.39 is 6.17 Å². The smallest absolute Gasteiger partial charge is 0.183 e. The van der Waals surface area contributed by atoms with Crippen molar-refractivity contribution in [2.75, 3.05) is 5.32 Å². The minimum absolute atomic E-state index is 0.00847. The third-order valence-electron chi connectivity index (χ3n) is 2.65. The van der Waals surface area contributed by atoms with Crippen LogP contribution in [0.25, 0.3) is 0 Å². The highest BCUT2D eigenvalue weighted by molar-refractivity contribution is 7.13. The molecule has 1 aromatic heterocycles. The van der Waals surface area contributed by atoms with Crippen LogP contribution in [0.2, 0.25) is 0 Å². The van der Waals surface area contributed by atoms with Gasteiger partial charge in [-0.05, 0) is 25.7 Å². The van der Waals surface area contributed by atoms with Gasteiger partial charge in [0.15, 0.2) is 5.13 Å². The summed E-state index contributed by atoms with van der Waals surface area (Å²) in [4.78, 5) is 4.37. The topological polar surface area (TPSA) is 24.9 Å². The first-order valence-electron chi connectivity index (χ1n) is 5.14. The Bertz CT molecular complexity index is 300. The van der Waals surface area contributed by atoms with Crippen molar-refractivity contribution in [3.8, 4) is 0 Å². The van der Waals surface area contributed by atoms with E-state index in [0.29, 0.717) is 6.42 Å². The normalized spacial score (nSPS) is 26.7. The van der Waals surface area contributed by atoms with E-state index in [0.717, 1.165) is 30.1 Å². The predicted octanol–water partition coefficient (Wildman–Crippen LogP) is 3.01. The van der Waals surface area contributed by atoms with E-state index in [1.165, 1.54) is 0 Å². The quantitative estimate of drug-likeness (QED) is 0.836. The van der Waals surface area contributed by atoms with Crippen molar-refractivity contribution < 1.29 is 4.39 Å². The third-order valence-corrected chi connectivity index (χ3v) is 3.48. The summed E-state index contributed by atoms with van der Waals surface area (Å²) >= 11 is 1.57. The highest BCUT2D eigenvalue weighted by atomic mass is 32.1. The molecule has 0 aromatic carbocycles. The van der Waals surface area contributed by atoms with Gasteiger partial charge in [-0.3, -0.25) is 0 Å². The fourth-order valence-electron chi connectivity index (χ4n) is 1.77. The van der Waals surface area contributed by atoms with E-state index in [2.05, 4.69) is 17.2 Å². The van der Waals surface area contributed by atoms with E-state index in [1.54, 1.807) is 11.3 Å². The van der Waals surface area contributed by atoms with Crippen molar-refractivity contribution in [3.63, 3.8) is 0 Å². The zero-order chi connectivity index (χ0) is 9.97. The number of nitrogens with one attached hydrogen (secondary N) is 1. The Labute approximate surface area is 87.6 Å². The van der Waals surface area contributed by atoms with Crippen molar-refractivity contribution >= 4 is 16.5 Å². The second-order valence-corrected chi connectivity index (χ2v) is 4.55. The van der Waals surface area contributed by atoms with Gasteiger partial charge in [0.05, 0.1) is 11.7 Å². The van der Waals surface area contributed by atoms with Crippen LogP contribution in [0.3, 0.4) is 0 Å². The Morgan fingerprint density at radius 3 is 3.07 bits per heavy atom. The van der Waals surface area contributed by atoms with Gasteiger partial charge in [0.2, 0.25) is 0 Å². The Kier molecular flexibility index (Phi) is 3.01. The number of anilines is 1. The van der Waals surface area contributed by atoms with Gasteiger partial charge in [-0.15, -0.1) is 11.3 Å². The highest BCUT2D eigenvalue weighted by Gasteiger charge is 2.27. The zero-order valence-corrected chi connectivity index (χ0v) is 9.11. The molecule has 0 unspecified atom stereocenters. The van der Waals surface area contributed by atoms with E-state index >= 15 is 0 Å². The van der Waals surface area contributed by atoms with Gasteiger partial charge in [-0.1, -0.05) is 6.92 Å². The molecule has 1 saturated carbocycles. The average molecular weight is 214 g/mol. The van der Waals surface area contributed by atoms with Crippen LogP contribution in [0.15, 0.2) is 5.38 Å². The molecular weight excluding hydrogens is 199 g/mol. The van der Waals surface area contributed by atoms with Crippen LogP contribution >= 0.6 is 11.3 Å².